The summed E-state index contributed by atoms with van der Waals surface area (Å²) in [7, 11) is 0. The van der Waals surface area contributed by atoms with Gasteiger partial charge in [0.2, 0.25) is 5.91 Å². The molecule has 10 heteroatoms. The molecule has 6 nitrogen and oxygen atoms in total. The number of amides is 1. The summed E-state index contributed by atoms with van der Waals surface area (Å²) in [6.45, 7) is 12.0. The summed E-state index contributed by atoms with van der Waals surface area (Å²) in [5.74, 6) is -1.09. The highest BCUT2D eigenvalue weighted by Gasteiger charge is 2.27. The number of likely N-dealkylation sites (tertiary alicyclic amines) is 1. The highest BCUT2D eigenvalue weighted by Crippen LogP contribution is 2.24. The van der Waals surface area contributed by atoms with Crippen LogP contribution in [0.25, 0.3) is 0 Å². The smallest absolute Gasteiger partial charge is 0.266 e. The molecule has 1 aromatic carbocycles. The third kappa shape index (κ3) is 9.09. The van der Waals surface area contributed by atoms with Crippen molar-refractivity contribution in [2.24, 2.45) is 15.0 Å². The lowest BCUT2D eigenvalue weighted by molar-refractivity contribution is -0.127. The molecule has 1 heterocycles. The minimum atomic E-state index is -2.93. The quantitative estimate of drug-likeness (QED) is 0.232. The van der Waals surface area contributed by atoms with Gasteiger partial charge in [0.05, 0.1) is 24.4 Å². The molecule has 0 aromatic heterocycles. The maximum Gasteiger partial charge on any atom is 0.266 e. The number of hydrogen-bond donors (Lipinski definition) is 1. The molecule has 0 aliphatic carbocycles. The topological polar surface area (TPSA) is 69.4 Å². The fraction of sp³-hybridized carbons (Fsp3) is 0.478. The first-order valence-corrected chi connectivity index (χ1v) is 11.2. The highest BCUT2D eigenvalue weighted by atomic mass is 35.5. The van der Waals surface area contributed by atoms with E-state index in [2.05, 4.69) is 40.9 Å². The monoisotopic (exact) mass is 485 g/mol. The molecule has 182 valence electrons. The van der Waals surface area contributed by atoms with Gasteiger partial charge in [-0.2, -0.15) is 0 Å². The van der Waals surface area contributed by atoms with E-state index >= 15 is 0 Å². The number of nitrogens with one attached hydrogen (secondary N) is 1. The third-order valence-corrected chi connectivity index (χ3v) is 4.75. The van der Waals surface area contributed by atoms with Crippen LogP contribution >= 0.6 is 11.6 Å². The van der Waals surface area contributed by atoms with Gasteiger partial charge in [0, 0.05) is 24.3 Å². The summed E-state index contributed by atoms with van der Waals surface area (Å²) in [6.07, 6.45) is 0.660. The molecule has 0 unspecified atom stereocenters. The Morgan fingerprint density at radius 3 is 2.45 bits per heavy atom. The Kier molecular flexibility index (Phi) is 13.3. The minimum Gasteiger partial charge on any atom is -0.332 e. The molecular weight excluding hydrogens is 455 g/mol. The van der Waals surface area contributed by atoms with Crippen LogP contribution in [0, 0.1) is 5.82 Å². The Balaban J connectivity index is 0.000000675. The molecule has 0 saturated carbocycles. The Labute approximate surface area is 198 Å². The zero-order valence-corrected chi connectivity index (χ0v) is 20.0. The predicted octanol–water partition coefficient (Wildman–Crippen LogP) is 4.99. The molecule has 0 atom stereocenters. The van der Waals surface area contributed by atoms with E-state index in [1.54, 1.807) is 0 Å². The van der Waals surface area contributed by atoms with Crippen molar-refractivity contribution in [3.8, 4) is 0 Å². The van der Waals surface area contributed by atoms with Crippen molar-refractivity contribution in [1.82, 2.24) is 10.2 Å². The van der Waals surface area contributed by atoms with Crippen molar-refractivity contribution < 1.29 is 18.0 Å². The van der Waals surface area contributed by atoms with E-state index in [0.717, 1.165) is 12.3 Å². The second-order valence-corrected chi connectivity index (χ2v) is 7.36. The van der Waals surface area contributed by atoms with Crippen LogP contribution in [0.4, 0.5) is 13.2 Å². The molecule has 33 heavy (non-hydrogen) atoms. The number of carbonyl (C=O) groups excluding carboxylic acids is 1. The van der Waals surface area contributed by atoms with Crippen LogP contribution < -0.4 is 5.32 Å². The Morgan fingerprint density at radius 2 is 1.94 bits per heavy atom. The second kappa shape index (κ2) is 15.3. The number of halogens is 4. The molecule has 1 N–H and O–H groups in total. The Morgan fingerprint density at radius 1 is 1.27 bits per heavy atom. The molecule has 1 saturated heterocycles. The van der Waals surface area contributed by atoms with Gasteiger partial charge in [0.1, 0.15) is 11.8 Å². The number of benzene rings is 1. The van der Waals surface area contributed by atoms with Gasteiger partial charge in [0.25, 0.3) is 6.43 Å². The van der Waals surface area contributed by atoms with Crippen LogP contribution in [0.1, 0.15) is 51.2 Å². The van der Waals surface area contributed by atoms with Crippen LogP contribution in [0.3, 0.4) is 0 Å². The van der Waals surface area contributed by atoms with Crippen molar-refractivity contribution in [2.75, 3.05) is 32.2 Å². The Bertz CT molecular complexity index is 883. The number of carbonyl (C=O) groups is 1. The Hall–Kier alpha value is -2.52. The molecule has 1 aliphatic heterocycles. The van der Waals surface area contributed by atoms with Gasteiger partial charge >= 0.3 is 0 Å². The fourth-order valence-corrected chi connectivity index (χ4v) is 3.06. The lowest BCUT2D eigenvalue weighted by Gasteiger charge is -2.10. The third-order valence-electron chi connectivity index (χ3n) is 4.63. The highest BCUT2D eigenvalue weighted by molar-refractivity contribution is 6.19. The molecule has 0 bridgehead atoms. The first kappa shape index (κ1) is 28.5. The lowest BCUT2D eigenvalue weighted by atomic mass is 10.1. The summed E-state index contributed by atoms with van der Waals surface area (Å²) >= 11 is 5.64. The van der Waals surface area contributed by atoms with Crippen LogP contribution in [0.2, 0.25) is 0 Å². The van der Waals surface area contributed by atoms with Gasteiger partial charge in [0.15, 0.2) is 5.82 Å². The van der Waals surface area contributed by atoms with Crippen molar-refractivity contribution in [3.63, 3.8) is 0 Å². The fourth-order valence-electron chi connectivity index (χ4n) is 2.91. The summed E-state index contributed by atoms with van der Waals surface area (Å²) < 4.78 is 39.7. The average Bonchev–Trinajstić information content (AvgIpc) is 3.20. The van der Waals surface area contributed by atoms with Crippen LogP contribution in [0.15, 0.2) is 44.6 Å². The molecular formula is C23H31ClF3N5O. The van der Waals surface area contributed by atoms with Gasteiger partial charge in [-0.15, -0.1) is 11.6 Å². The van der Waals surface area contributed by atoms with Crippen molar-refractivity contribution in [1.29, 1.82) is 0 Å². The van der Waals surface area contributed by atoms with Crippen LogP contribution in [0.5, 0.6) is 0 Å². The number of nitrogens with zero attached hydrogens (tertiary/aromatic N) is 4. The van der Waals surface area contributed by atoms with Crippen LogP contribution in [-0.4, -0.2) is 61.6 Å². The summed E-state index contributed by atoms with van der Waals surface area (Å²) in [6, 6.07) is 3.63. The molecule has 0 spiro atoms. The first-order chi connectivity index (χ1) is 15.8. The van der Waals surface area contributed by atoms with Gasteiger partial charge < -0.3 is 10.2 Å². The van der Waals surface area contributed by atoms with Crippen molar-refractivity contribution >= 4 is 36.2 Å². The molecule has 2 rings (SSSR count). The normalized spacial score (nSPS) is 16.4. The zero-order chi connectivity index (χ0) is 24.8. The van der Waals surface area contributed by atoms with Crippen molar-refractivity contribution in [3.05, 3.63) is 46.5 Å². The molecule has 1 aromatic rings. The molecule has 0 radical (unpaired) electrons. The van der Waals surface area contributed by atoms with Crippen LogP contribution in [-0.2, 0) is 4.79 Å². The maximum atomic E-state index is 14.1. The van der Waals surface area contributed by atoms with E-state index in [0.29, 0.717) is 11.3 Å². The van der Waals surface area contributed by atoms with E-state index in [1.807, 2.05) is 0 Å². The number of hydrogen-bond acceptors (Lipinski definition) is 5. The van der Waals surface area contributed by atoms with E-state index < -0.39 is 17.8 Å². The largest absolute Gasteiger partial charge is 0.332 e. The predicted molar refractivity (Wildman–Crippen MR) is 129 cm³/mol. The van der Waals surface area contributed by atoms with E-state index in [9.17, 15) is 18.0 Å². The second-order valence-electron chi connectivity index (χ2n) is 7.12. The molecule has 1 aliphatic rings. The van der Waals surface area contributed by atoms with E-state index in [1.165, 1.54) is 49.9 Å². The van der Waals surface area contributed by atoms with Gasteiger partial charge in [-0.1, -0.05) is 32.0 Å². The average molecular weight is 486 g/mol. The number of aliphatic imine (C=N–C) groups is 3. The van der Waals surface area contributed by atoms with Gasteiger partial charge in [-0.25, -0.2) is 23.2 Å². The van der Waals surface area contributed by atoms with Gasteiger partial charge in [-0.05, 0) is 32.6 Å². The van der Waals surface area contributed by atoms with Gasteiger partial charge in [-0.3, -0.25) is 9.79 Å². The standard InChI is InChI=1S/C17H16ClF3N4O.C6H15N/c1-10(26)25-7-13(14(8-25)24-9-18)17(22-2)23-6-11-4-3-5-12(15(11)19)16(20)21;1-3-5-7-6-4-2/h3-6,16H,2,7-9H2,1H3;7H,3-6H2,1-2H3/b17-13+,23-6+,24-14-;. The number of rotatable bonds is 9. The van der Waals surface area contributed by atoms with E-state index in [-0.39, 0.29) is 36.4 Å². The molecule has 1 amide bonds. The summed E-state index contributed by atoms with van der Waals surface area (Å²) in [5.41, 5.74) is 0.235. The molecule has 1 fully saturated rings. The van der Waals surface area contributed by atoms with E-state index in [4.69, 9.17) is 11.6 Å². The summed E-state index contributed by atoms with van der Waals surface area (Å²) in [5, 5.41) is 3.28. The zero-order valence-electron chi connectivity index (χ0n) is 19.3. The number of alkyl halides is 3. The maximum absolute atomic E-state index is 14.1. The minimum absolute atomic E-state index is 0.0101. The summed E-state index contributed by atoms with van der Waals surface area (Å²) in [4.78, 5) is 25.1. The SMILES string of the molecule is C=NC(/N=C/c1cccc(C(F)F)c1F)=C1/CN(C(C)=O)C/C1=N/CCl.CCCNCCC. The lowest BCUT2D eigenvalue weighted by Crippen LogP contribution is -2.25. The van der Waals surface area contributed by atoms with Crippen molar-refractivity contribution in [2.45, 2.75) is 40.0 Å². The first-order valence-electron chi connectivity index (χ1n) is 10.7.